The Hall–Kier alpha value is -0.840. The molecule has 0 saturated carbocycles. The molecule has 1 N–H and O–H groups in total. The third-order valence-electron chi connectivity index (χ3n) is 3.48. The van der Waals surface area contributed by atoms with E-state index in [1.807, 2.05) is 0 Å². The van der Waals surface area contributed by atoms with Gasteiger partial charge in [0.05, 0.1) is 0 Å². The predicted molar refractivity (Wildman–Crippen MR) is 79.1 cm³/mol. The average Bonchev–Trinajstić information content (AvgIpc) is 2.86. The van der Waals surface area contributed by atoms with Crippen LogP contribution >= 0.6 is 15.9 Å². The zero-order valence-electron chi connectivity index (χ0n) is 11.1. The molecule has 1 aliphatic heterocycles. The van der Waals surface area contributed by atoms with Crippen LogP contribution < -0.4 is 10.2 Å². The number of halogens is 1. The van der Waals surface area contributed by atoms with Crippen molar-refractivity contribution in [3.63, 3.8) is 0 Å². The van der Waals surface area contributed by atoms with Crippen molar-refractivity contribution in [2.45, 2.75) is 33.1 Å². The van der Waals surface area contributed by atoms with Crippen LogP contribution in [0, 0.1) is 5.92 Å². The summed E-state index contributed by atoms with van der Waals surface area (Å²) in [4.78, 5) is 11.1. The molecule has 1 aromatic rings. The van der Waals surface area contributed by atoms with Crippen molar-refractivity contribution in [2.75, 3.05) is 29.9 Å². The van der Waals surface area contributed by atoms with E-state index in [0.29, 0.717) is 0 Å². The summed E-state index contributed by atoms with van der Waals surface area (Å²) in [5.74, 6) is 2.74. The Morgan fingerprint density at radius 3 is 2.94 bits per heavy atom. The zero-order valence-corrected chi connectivity index (χ0v) is 12.7. The number of nitrogens with one attached hydrogen (secondary N) is 1. The Bertz CT molecular complexity index is 397. The molecule has 0 amide bonds. The topological polar surface area (TPSA) is 41.1 Å². The molecule has 5 heteroatoms. The molecule has 1 atom stereocenters. The highest BCUT2D eigenvalue weighted by molar-refractivity contribution is 9.10. The van der Waals surface area contributed by atoms with Gasteiger partial charge in [-0.2, -0.15) is 0 Å². The van der Waals surface area contributed by atoms with Crippen LogP contribution in [0.2, 0.25) is 0 Å². The smallest absolute Gasteiger partial charge is 0.148 e. The summed E-state index contributed by atoms with van der Waals surface area (Å²) in [6.07, 6.45) is 5.26. The van der Waals surface area contributed by atoms with E-state index in [1.165, 1.54) is 12.8 Å². The Morgan fingerprint density at radius 1 is 1.44 bits per heavy atom. The van der Waals surface area contributed by atoms with E-state index >= 15 is 0 Å². The molecule has 18 heavy (non-hydrogen) atoms. The third-order valence-corrected chi connectivity index (χ3v) is 4.21. The van der Waals surface area contributed by atoms with E-state index in [1.54, 1.807) is 6.33 Å². The molecule has 2 heterocycles. The Morgan fingerprint density at radius 2 is 2.28 bits per heavy atom. The summed E-state index contributed by atoms with van der Waals surface area (Å²) >= 11 is 3.63. The van der Waals surface area contributed by atoms with Gasteiger partial charge in [-0.25, -0.2) is 9.97 Å². The van der Waals surface area contributed by atoms with Crippen molar-refractivity contribution < 1.29 is 0 Å². The molecular weight excluding hydrogens is 292 g/mol. The lowest BCUT2D eigenvalue weighted by molar-refractivity contribution is 0.568. The Kier molecular flexibility index (Phi) is 4.80. The van der Waals surface area contributed by atoms with Gasteiger partial charge in [0.1, 0.15) is 22.4 Å². The van der Waals surface area contributed by atoms with E-state index in [9.17, 15) is 0 Å². The molecule has 0 aromatic carbocycles. The predicted octanol–water partition coefficient (Wildman–Crippen LogP) is 3.30. The lowest BCUT2D eigenvalue weighted by Crippen LogP contribution is -2.22. The number of hydrogen-bond acceptors (Lipinski definition) is 4. The van der Waals surface area contributed by atoms with E-state index in [-0.39, 0.29) is 0 Å². The molecule has 0 bridgehead atoms. The molecular formula is C13H21BrN4. The molecule has 0 radical (unpaired) electrons. The van der Waals surface area contributed by atoms with Crippen LogP contribution in [0.4, 0.5) is 11.6 Å². The van der Waals surface area contributed by atoms with Gasteiger partial charge in [-0.15, -0.1) is 0 Å². The van der Waals surface area contributed by atoms with Gasteiger partial charge >= 0.3 is 0 Å². The molecule has 1 fully saturated rings. The van der Waals surface area contributed by atoms with E-state index in [0.717, 1.165) is 48.1 Å². The Labute approximate surface area is 117 Å². The van der Waals surface area contributed by atoms with Crippen LogP contribution in [0.3, 0.4) is 0 Å². The number of anilines is 2. The highest BCUT2D eigenvalue weighted by Gasteiger charge is 2.24. The molecule has 1 unspecified atom stereocenters. The van der Waals surface area contributed by atoms with Gasteiger partial charge < -0.3 is 10.2 Å². The van der Waals surface area contributed by atoms with Crippen molar-refractivity contribution >= 4 is 27.6 Å². The zero-order chi connectivity index (χ0) is 13.0. The first-order valence-electron chi connectivity index (χ1n) is 6.75. The lowest BCUT2D eigenvalue weighted by atomic mass is 10.1. The van der Waals surface area contributed by atoms with Crippen molar-refractivity contribution in [1.82, 2.24) is 9.97 Å². The van der Waals surface area contributed by atoms with Gasteiger partial charge in [0, 0.05) is 19.6 Å². The number of aromatic nitrogens is 2. The van der Waals surface area contributed by atoms with E-state index < -0.39 is 0 Å². The number of hydrogen-bond donors (Lipinski definition) is 1. The quantitative estimate of drug-likeness (QED) is 0.905. The van der Waals surface area contributed by atoms with Crippen molar-refractivity contribution in [1.29, 1.82) is 0 Å². The van der Waals surface area contributed by atoms with Crippen LogP contribution in [0.25, 0.3) is 0 Å². The van der Waals surface area contributed by atoms with Crippen LogP contribution in [-0.2, 0) is 0 Å². The minimum absolute atomic E-state index is 0.805. The number of rotatable bonds is 5. The first-order valence-corrected chi connectivity index (χ1v) is 7.54. The highest BCUT2D eigenvalue weighted by atomic mass is 79.9. The summed E-state index contributed by atoms with van der Waals surface area (Å²) in [6.45, 7) is 7.56. The standard InChI is InChI=1S/C13H21BrN4/c1-3-6-15-12-11(14)13(17-9-16-12)18-7-5-10(4-2)8-18/h9-10H,3-8H2,1-2H3,(H,15,16,17). The second-order valence-electron chi connectivity index (χ2n) is 4.80. The molecule has 100 valence electrons. The van der Waals surface area contributed by atoms with Crippen LogP contribution in [0.15, 0.2) is 10.8 Å². The van der Waals surface area contributed by atoms with Crippen LogP contribution in [-0.4, -0.2) is 29.6 Å². The van der Waals surface area contributed by atoms with Gasteiger partial charge in [0.2, 0.25) is 0 Å². The fourth-order valence-electron chi connectivity index (χ4n) is 2.31. The maximum Gasteiger partial charge on any atom is 0.148 e. The van der Waals surface area contributed by atoms with Gasteiger partial charge in [0.25, 0.3) is 0 Å². The molecule has 1 saturated heterocycles. The van der Waals surface area contributed by atoms with Gasteiger partial charge in [-0.3, -0.25) is 0 Å². The third kappa shape index (κ3) is 2.94. The summed E-state index contributed by atoms with van der Waals surface area (Å²) < 4.78 is 0.996. The van der Waals surface area contributed by atoms with Gasteiger partial charge in [-0.05, 0) is 34.7 Å². The fourth-order valence-corrected chi connectivity index (χ4v) is 2.90. The highest BCUT2D eigenvalue weighted by Crippen LogP contribution is 2.33. The summed E-state index contributed by atoms with van der Waals surface area (Å²) in [5, 5.41) is 3.33. The van der Waals surface area contributed by atoms with E-state index in [4.69, 9.17) is 0 Å². The molecule has 0 aliphatic carbocycles. The monoisotopic (exact) mass is 312 g/mol. The normalized spacial score (nSPS) is 19.3. The van der Waals surface area contributed by atoms with Gasteiger partial charge in [-0.1, -0.05) is 20.3 Å². The maximum absolute atomic E-state index is 4.43. The largest absolute Gasteiger partial charge is 0.369 e. The first kappa shape index (κ1) is 13.6. The molecule has 1 aliphatic rings. The Balaban J connectivity index is 2.13. The van der Waals surface area contributed by atoms with E-state index in [2.05, 4.69) is 50.0 Å². The van der Waals surface area contributed by atoms with Crippen molar-refractivity contribution in [3.8, 4) is 0 Å². The molecule has 1 aromatic heterocycles. The van der Waals surface area contributed by atoms with Crippen molar-refractivity contribution in [2.24, 2.45) is 5.92 Å². The first-order chi connectivity index (χ1) is 8.76. The second-order valence-corrected chi connectivity index (χ2v) is 5.59. The molecule has 4 nitrogen and oxygen atoms in total. The lowest BCUT2D eigenvalue weighted by Gasteiger charge is -2.20. The fraction of sp³-hybridized carbons (Fsp3) is 0.692. The second kappa shape index (κ2) is 6.36. The summed E-state index contributed by atoms with van der Waals surface area (Å²) in [5.41, 5.74) is 0. The minimum Gasteiger partial charge on any atom is -0.369 e. The average molecular weight is 313 g/mol. The summed E-state index contributed by atoms with van der Waals surface area (Å²) in [7, 11) is 0. The van der Waals surface area contributed by atoms with Crippen LogP contribution in [0.5, 0.6) is 0 Å². The minimum atomic E-state index is 0.805. The molecule has 0 spiro atoms. The molecule has 2 rings (SSSR count). The SMILES string of the molecule is CCCNc1ncnc(N2CCC(CC)C2)c1Br. The van der Waals surface area contributed by atoms with Gasteiger partial charge in [0.15, 0.2) is 0 Å². The summed E-state index contributed by atoms with van der Waals surface area (Å²) in [6, 6.07) is 0. The van der Waals surface area contributed by atoms with Crippen LogP contribution in [0.1, 0.15) is 33.1 Å². The van der Waals surface area contributed by atoms with Crippen molar-refractivity contribution in [3.05, 3.63) is 10.8 Å². The maximum atomic E-state index is 4.43. The number of nitrogens with zero attached hydrogens (tertiary/aromatic N) is 3.